The maximum Gasteiger partial charge on any atom is 0.309 e. The van der Waals surface area contributed by atoms with Crippen LogP contribution < -0.4 is 20.1 Å². The maximum absolute atomic E-state index is 11.9. The fourth-order valence-electron chi connectivity index (χ4n) is 1.87. The number of hydrogen-bond donors (Lipinski definition) is 3. The zero-order valence-electron chi connectivity index (χ0n) is 14.1. The van der Waals surface area contributed by atoms with Gasteiger partial charge in [-0.15, -0.1) is 0 Å². The van der Waals surface area contributed by atoms with Crippen molar-refractivity contribution in [3.63, 3.8) is 0 Å². The van der Waals surface area contributed by atoms with Crippen LogP contribution >= 0.6 is 0 Å². The Morgan fingerprint density at radius 1 is 1.17 bits per heavy atom. The lowest BCUT2D eigenvalue weighted by Crippen LogP contribution is -2.51. The first-order valence-corrected chi connectivity index (χ1v) is 7.20. The summed E-state index contributed by atoms with van der Waals surface area (Å²) in [4.78, 5) is 23.8. The van der Waals surface area contributed by atoms with Crippen LogP contribution in [0.15, 0.2) is 18.2 Å². The lowest BCUT2D eigenvalue weighted by atomic mass is 10.1. The van der Waals surface area contributed by atoms with Gasteiger partial charge < -0.3 is 25.2 Å². The van der Waals surface area contributed by atoms with E-state index in [-0.39, 0.29) is 6.61 Å². The number of amides is 2. The summed E-state index contributed by atoms with van der Waals surface area (Å²) in [7, 11) is 3.06. The quantitative estimate of drug-likeness (QED) is 0.672. The summed E-state index contributed by atoms with van der Waals surface area (Å²) >= 11 is 0. The van der Waals surface area contributed by atoms with E-state index in [0.29, 0.717) is 11.5 Å². The molecule has 0 heterocycles. The lowest BCUT2D eigenvalue weighted by molar-refractivity contribution is -0.140. The Morgan fingerprint density at radius 2 is 1.78 bits per heavy atom. The lowest BCUT2D eigenvalue weighted by Gasteiger charge is -2.23. The predicted molar refractivity (Wildman–Crippen MR) is 85.4 cm³/mol. The smallest absolute Gasteiger partial charge is 0.309 e. The van der Waals surface area contributed by atoms with Gasteiger partial charge in [-0.25, -0.2) is 0 Å². The van der Waals surface area contributed by atoms with Crippen LogP contribution in [0.4, 0.5) is 0 Å². The molecule has 1 aromatic rings. The Balaban J connectivity index is 2.77. The van der Waals surface area contributed by atoms with Gasteiger partial charge in [-0.3, -0.25) is 9.59 Å². The zero-order valence-corrected chi connectivity index (χ0v) is 14.1. The van der Waals surface area contributed by atoms with Crippen molar-refractivity contribution in [1.82, 2.24) is 10.6 Å². The molecule has 0 aliphatic heterocycles. The van der Waals surface area contributed by atoms with Crippen LogP contribution in [0.5, 0.6) is 11.5 Å². The topological polar surface area (TPSA) is 96.9 Å². The van der Waals surface area contributed by atoms with Crippen molar-refractivity contribution in [2.75, 3.05) is 20.8 Å². The van der Waals surface area contributed by atoms with Gasteiger partial charge in [0.05, 0.1) is 32.4 Å². The fraction of sp³-hybridized carbons (Fsp3) is 0.500. The van der Waals surface area contributed by atoms with Crippen LogP contribution in [0.3, 0.4) is 0 Å². The van der Waals surface area contributed by atoms with Crippen molar-refractivity contribution in [3.05, 3.63) is 23.8 Å². The van der Waals surface area contributed by atoms with E-state index >= 15 is 0 Å². The minimum absolute atomic E-state index is 0.267. The summed E-state index contributed by atoms with van der Waals surface area (Å²) in [5, 5.41) is 14.2. The van der Waals surface area contributed by atoms with E-state index in [2.05, 4.69) is 10.6 Å². The summed E-state index contributed by atoms with van der Waals surface area (Å²) < 4.78 is 10.4. The van der Waals surface area contributed by atoms with Gasteiger partial charge in [0.25, 0.3) is 0 Å². The highest BCUT2D eigenvalue weighted by atomic mass is 16.5. The molecule has 7 nitrogen and oxygen atoms in total. The molecule has 2 amide bonds. The molecule has 0 bridgehead atoms. The van der Waals surface area contributed by atoms with Gasteiger partial charge in [0.15, 0.2) is 11.5 Å². The molecule has 0 saturated heterocycles. The third-order valence-corrected chi connectivity index (χ3v) is 3.31. The molecule has 3 N–H and O–H groups in total. The summed E-state index contributed by atoms with van der Waals surface area (Å²) in [5.74, 6) is -0.445. The molecule has 0 aromatic heterocycles. The molecule has 7 heteroatoms. The van der Waals surface area contributed by atoms with E-state index in [1.54, 1.807) is 39.0 Å². The van der Waals surface area contributed by atoms with Crippen molar-refractivity contribution in [3.8, 4) is 11.5 Å². The van der Waals surface area contributed by atoms with E-state index in [1.807, 2.05) is 0 Å². The van der Waals surface area contributed by atoms with E-state index < -0.39 is 23.4 Å². The van der Waals surface area contributed by atoms with Gasteiger partial charge in [0, 0.05) is 0 Å². The molecular weight excluding hydrogens is 300 g/mol. The monoisotopic (exact) mass is 324 g/mol. The van der Waals surface area contributed by atoms with Crippen LogP contribution in [-0.4, -0.2) is 43.3 Å². The number of ether oxygens (including phenoxy) is 2. The van der Waals surface area contributed by atoms with Crippen LogP contribution in [0, 0.1) is 0 Å². The van der Waals surface area contributed by atoms with Crippen molar-refractivity contribution < 1.29 is 24.2 Å². The summed E-state index contributed by atoms with van der Waals surface area (Å²) in [6, 6.07) is 4.85. The van der Waals surface area contributed by atoms with Gasteiger partial charge in [-0.05, 0) is 38.5 Å². The summed E-state index contributed by atoms with van der Waals surface area (Å²) in [5.41, 5.74) is -0.0914. The second-order valence-corrected chi connectivity index (χ2v) is 5.81. The minimum atomic E-state index is -0.860. The molecule has 128 valence electrons. The Bertz CT molecular complexity index is 572. The third kappa shape index (κ3) is 5.14. The minimum Gasteiger partial charge on any atom is -0.493 e. The SMILES string of the molecule is COc1ccc(C(C)NC(=O)C(=O)NC(C)(C)CO)cc1OC. The van der Waals surface area contributed by atoms with Gasteiger partial charge in [-0.2, -0.15) is 0 Å². The Kier molecular flexibility index (Phi) is 6.38. The highest BCUT2D eigenvalue weighted by Crippen LogP contribution is 2.29. The van der Waals surface area contributed by atoms with Gasteiger partial charge in [0.2, 0.25) is 0 Å². The molecule has 1 rings (SSSR count). The molecule has 0 aliphatic carbocycles. The molecule has 1 atom stereocenters. The Hall–Kier alpha value is -2.28. The largest absolute Gasteiger partial charge is 0.493 e. The third-order valence-electron chi connectivity index (χ3n) is 3.31. The molecule has 0 saturated carbocycles. The highest BCUT2D eigenvalue weighted by molar-refractivity contribution is 6.35. The average Bonchev–Trinajstić information content (AvgIpc) is 2.53. The molecule has 0 radical (unpaired) electrons. The van der Waals surface area contributed by atoms with Crippen LogP contribution in [0.2, 0.25) is 0 Å². The average molecular weight is 324 g/mol. The van der Waals surface area contributed by atoms with E-state index in [1.165, 1.54) is 14.2 Å². The summed E-state index contributed by atoms with van der Waals surface area (Å²) in [6.45, 7) is 4.73. The molecule has 1 aromatic carbocycles. The first-order valence-electron chi connectivity index (χ1n) is 7.20. The molecular formula is C16H24N2O5. The number of aliphatic hydroxyl groups is 1. The standard InChI is InChI=1S/C16H24N2O5/c1-10(11-6-7-12(22-4)13(8-11)23-5)17-14(20)15(21)18-16(2,3)9-19/h6-8,10,19H,9H2,1-5H3,(H,17,20)(H,18,21). The predicted octanol–water partition coefficient (Wildman–Crippen LogP) is 0.768. The van der Waals surface area contributed by atoms with E-state index in [9.17, 15) is 9.59 Å². The van der Waals surface area contributed by atoms with Gasteiger partial charge >= 0.3 is 11.8 Å². The molecule has 0 aliphatic rings. The van der Waals surface area contributed by atoms with Crippen molar-refractivity contribution >= 4 is 11.8 Å². The van der Waals surface area contributed by atoms with Crippen LogP contribution in [0.1, 0.15) is 32.4 Å². The normalized spacial score (nSPS) is 12.3. The number of methoxy groups -OCH3 is 2. The van der Waals surface area contributed by atoms with Gasteiger partial charge in [-0.1, -0.05) is 6.07 Å². The molecule has 23 heavy (non-hydrogen) atoms. The first-order chi connectivity index (χ1) is 10.7. The van der Waals surface area contributed by atoms with Crippen LogP contribution in [-0.2, 0) is 9.59 Å². The maximum atomic E-state index is 11.9. The summed E-state index contributed by atoms with van der Waals surface area (Å²) in [6.07, 6.45) is 0. The first kappa shape index (κ1) is 18.8. The second-order valence-electron chi connectivity index (χ2n) is 5.81. The number of nitrogens with one attached hydrogen (secondary N) is 2. The number of carbonyl (C=O) groups is 2. The Labute approximate surface area is 136 Å². The number of rotatable bonds is 6. The molecule has 1 unspecified atom stereocenters. The van der Waals surface area contributed by atoms with Crippen LogP contribution in [0.25, 0.3) is 0 Å². The van der Waals surface area contributed by atoms with E-state index in [4.69, 9.17) is 14.6 Å². The number of carbonyl (C=O) groups excluding carboxylic acids is 2. The van der Waals surface area contributed by atoms with Crippen molar-refractivity contribution in [1.29, 1.82) is 0 Å². The molecule has 0 spiro atoms. The second kappa shape index (κ2) is 7.82. The molecule has 0 fully saturated rings. The number of hydrogen-bond acceptors (Lipinski definition) is 5. The number of benzene rings is 1. The fourth-order valence-corrected chi connectivity index (χ4v) is 1.87. The highest BCUT2D eigenvalue weighted by Gasteiger charge is 2.24. The van der Waals surface area contributed by atoms with E-state index in [0.717, 1.165) is 5.56 Å². The van der Waals surface area contributed by atoms with Crippen molar-refractivity contribution in [2.45, 2.75) is 32.4 Å². The Morgan fingerprint density at radius 3 is 2.30 bits per heavy atom. The van der Waals surface area contributed by atoms with Crippen molar-refractivity contribution in [2.24, 2.45) is 0 Å². The van der Waals surface area contributed by atoms with Gasteiger partial charge in [0.1, 0.15) is 0 Å². The zero-order chi connectivity index (χ0) is 17.6. The number of aliphatic hydroxyl groups excluding tert-OH is 1.